The fraction of sp³-hybridized carbons (Fsp3) is 0.400. The Bertz CT molecular complexity index is 674. The van der Waals surface area contributed by atoms with E-state index >= 15 is 0 Å². The molecule has 1 amide bonds. The van der Waals surface area contributed by atoms with E-state index in [1.807, 2.05) is 24.3 Å². The molecule has 1 aromatic heterocycles. The number of aryl methyl sites for hydroxylation is 1. The lowest BCUT2D eigenvalue weighted by atomic mass is 10.2. The molecule has 2 aromatic rings. The lowest BCUT2D eigenvalue weighted by Crippen LogP contribution is -2.37. The van der Waals surface area contributed by atoms with Crippen LogP contribution in [0.5, 0.6) is 0 Å². The number of para-hydroxylation sites is 1. The Morgan fingerprint density at radius 1 is 1.39 bits per heavy atom. The molecule has 0 fully saturated rings. The summed E-state index contributed by atoms with van der Waals surface area (Å²) in [4.78, 5) is 12.4. The molecule has 1 heterocycles. The van der Waals surface area contributed by atoms with E-state index < -0.39 is 18.8 Å². The van der Waals surface area contributed by atoms with Gasteiger partial charge in [-0.25, -0.2) is 0 Å². The number of alkyl halides is 3. The second-order valence-electron chi connectivity index (χ2n) is 5.24. The number of ether oxygens (including phenoxy) is 1. The number of nitrogens with one attached hydrogen (secondary N) is 1. The average Bonchev–Trinajstić information content (AvgIpc) is 2.70. The van der Waals surface area contributed by atoms with Crippen LogP contribution in [0.4, 0.5) is 13.2 Å². The third kappa shape index (κ3) is 4.26. The number of amides is 1. The number of nitrogens with zero attached hydrogens (tertiary/aromatic N) is 1. The third-order valence-corrected chi connectivity index (χ3v) is 4.07. The highest BCUT2D eigenvalue weighted by molar-refractivity contribution is 9.10. The molecule has 1 N–H and O–H groups in total. The SMILES string of the molecule is CC(COCC(F)(F)F)NC(=O)c1c(Br)c2ccccc2n1C. The number of hydrogen-bond acceptors (Lipinski definition) is 2. The van der Waals surface area contributed by atoms with Crippen LogP contribution in [0.15, 0.2) is 28.7 Å². The molecular formula is C15H16BrF3N2O2. The molecule has 8 heteroatoms. The summed E-state index contributed by atoms with van der Waals surface area (Å²) in [5.74, 6) is -0.376. The fourth-order valence-electron chi connectivity index (χ4n) is 2.28. The number of benzene rings is 1. The van der Waals surface area contributed by atoms with Gasteiger partial charge in [-0.05, 0) is 28.9 Å². The van der Waals surface area contributed by atoms with Crippen molar-refractivity contribution in [3.63, 3.8) is 0 Å². The molecule has 0 radical (unpaired) electrons. The Balaban J connectivity index is 2.06. The summed E-state index contributed by atoms with van der Waals surface area (Å²) in [6.07, 6.45) is -4.37. The van der Waals surface area contributed by atoms with E-state index in [9.17, 15) is 18.0 Å². The minimum atomic E-state index is -4.37. The van der Waals surface area contributed by atoms with Gasteiger partial charge in [-0.2, -0.15) is 13.2 Å². The Morgan fingerprint density at radius 2 is 2.04 bits per heavy atom. The molecule has 1 unspecified atom stereocenters. The maximum atomic E-state index is 12.4. The number of carbonyl (C=O) groups excluding carboxylic acids is 1. The molecule has 2 rings (SSSR count). The first-order valence-electron chi connectivity index (χ1n) is 6.89. The van der Waals surface area contributed by atoms with E-state index in [1.54, 1.807) is 18.5 Å². The van der Waals surface area contributed by atoms with Crippen molar-refractivity contribution in [3.05, 3.63) is 34.4 Å². The maximum absolute atomic E-state index is 12.4. The number of fused-ring (bicyclic) bond motifs is 1. The predicted molar refractivity (Wildman–Crippen MR) is 84.4 cm³/mol. The van der Waals surface area contributed by atoms with E-state index in [1.165, 1.54) is 0 Å². The summed E-state index contributed by atoms with van der Waals surface area (Å²) in [6, 6.07) is 6.94. The second kappa shape index (κ2) is 6.92. The average molecular weight is 393 g/mol. The van der Waals surface area contributed by atoms with Crippen LogP contribution in [0, 0.1) is 0 Å². The molecule has 0 aliphatic heterocycles. The van der Waals surface area contributed by atoms with Crippen molar-refractivity contribution in [1.29, 1.82) is 0 Å². The molecule has 0 spiro atoms. The smallest absolute Gasteiger partial charge is 0.370 e. The van der Waals surface area contributed by atoms with Gasteiger partial charge in [-0.3, -0.25) is 4.79 Å². The molecule has 0 saturated carbocycles. The molecule has 4 nitrogen and oxygen atoms in total. The number of halogens is 4. The van der Waals surface area contributed by atoms with Crippen LogP contribution in [0.2, 0.25) is 0 Å². The Labute approximate surface area is 139 Å². The zero-order valence-electron chi connectivity index (χ0n) is 12.6. The van der Waals surface area contributed by atoms with Gasteiger partial charge in [0.25, 0.3) is 5.91 Å². The van der Waals surface area contributed by atoms with Crippen molar-refractivity contribution in [2.45, 2.75) is 19.1 Å². The number of rotatable bonds is 5. The number of carbonyl (C=O) groups is 1. The van der Waals surface area contributed by atoms with Crippen LogP contribution in [-0.4, -0.2) is 35.9 Å². The molecule has 1 atom stereocenters. The van der Waals surface area contributed by atoms with Crippen molar-refractivity contribution in [3.8, 4) is 0 Å². The Hall–Kier alpha value is -1.54. The summed E-state index contributed by atoms with van der Waals surface area (Å²) in [5.41, 5.74) is 1.29. The van der Waals surface area contributed by atoms with Gasteiger partial charge >= 0.3 is 6.18 Å². The van der Waals surface area contributed by atoms with Gasteiger partial charge in [-0.15, -0.1) is 0 Å². The van der Waals surface area contributed by atoms with E-state index in [0.29, 0.717) is 10.2 Å². The van der Waals surface area contributed by atoms with Crippen molar-refractivity contribution in [2.75, 3.05) is 13.2 Å². The van der Waals surface area contributed by atoms with Gasteiger partial charge in [0.15, 0.2) is 0 Å². The van der Waals surface area contributed by atoms with Crippen molar-refractivity contribution < 1.29 is 22.7 Å². The first-order chi connectivity index (χ1) is 10.7. The summed E-state index contributed by atoms with van der Waals surface area (Å²) in [5, 5.41) is 3.53. The predicted octanol–water partition coefficient (Wildman–Crippen LogP) is 3.64. The second-order valence-corrected chi connectivity index (χ2v) is 6.04. The van der Waals surface area contributed by atoms with Crippen LogP contribution in [0.25, 0.3) is 10.9 Å². The zero-order chi connectivity index (χ0) is 17.2. The summed E-state index contributed by atoms with van der Waals surface area (Å²) < 4.78 is 43.0. The first-order valence-corrected chi connectivity index (χ1v) is 7.68. The Morgan fingerprint density at radius 3 is 2.65 bits per heavy atom. The molecular weight excluding hydrogens is 377 g/mol. The fourth-order valence-corrected chi connectivity index (χ4v) is 3.07. The van der Waals surface area contributed by atoms with Gasteiger partial charge < -0.3 is 14.6 Å². The lowest BCUT2D eigenvalue weighted by Gasteiger charge is -2.15. The molecule has 1 aromatic carbocycles. The van der Waals surface area contributed by atoms with E-state index in [2.05, 4.69) is 26.0 Å². The van der Waals surface area contributed by atoms with Crippen LogP contribution in [0.1, 0.15) is 17.4 Å². The molecule has 0 aliphatic rings. The van der Waals surface area contributed by atoms with E-state index in [4.69, 9.17) is 0 Å². The van der Waals surface area contributed by atoms with Crippen molar-refractivity contribution >= 4 is 32.7 Å². The van der Waals surface area contributed by atoms with Gasteiger partial charge in [0.2, 0.25) is 0 Å². The highest BCUT2D eigenvalue weighted by atomic mass is 79.9. The number of hydrogen-bond donors (Lipinski definition) is 1. The molecule has 126 valence electrons. The Kier molecular flexibility index (Phi) is 5.36. The molecule has 0 aliphatic carbocycles. The molecule has 0 saturated heterocycles. The van der Waals surface area contributed by atoms with Crippen LogP contribution >= 0.6 is 15.9 Å². The summed E-state index contributed by atoms with van der Waals surface area (Å²) >= 11 is 3.41. The monoisotopic (exact) mass is 392 g/mol. The highest BCUT2D eigenvalue weighted by Crippen LogP contribution is 2.30. The zero-order valence-corrected chi connectivity index (χ0v) is 14.2. The minimum absolute atomic E-state index is 0.215. The largest absolute Gasteiger partial charge is 0.411 e. The normalized spacial score (nSPS) is 13.3. The maximum Gasteiger partial charge on any atom is 0.411 e. The van der Waals surface area contributed by atoms with Crippen LogP contribution in [0.3, 0.4) is 0 Å². The van der Waals surface area contributed by atoms with Gasteiger partial charge in [0.1, 0.15) is 12.3 Å². The van der Waals surface area contributed by atoms with E-state index in [0.717, 1.165) is 10.9 Å². The van der Waals surface area contributed by atoms with E-state index in [-0.39, 0.29) is 12.5 Å². The van der Waals surface area contributed by atoms with Crippen molar-refractivity contribution in [1.82, 2.24) is 9.88 Å². The highest BCUT2D eigenvalue weighted by Gasteiger charge is 2.28. The third-order valence-electron chi connectivity index (χ3n) is 3.27. The first kappa shape index (κ1) is 17.8. The number of aromatic nitrogens is 1. The minimum Gasteiger partial charge on any atom is -0.370 e. The summed E-state index contributed by atoms with van der Waals surface area (Å²) in [6.45, 7) is 0.0442. The summed E-state index contributed by atoms with van der Waals surface area (Å²) in [7, 11) is 1.76. The van der Waals surface area contributed by atoms with Crippen LogP contribution in [-0.2, 0) is 11.8 Å². The van der Waals surface area contributed by atoms with Crippen molar-refractivity contribution in [2.24, 2.45) is 7.05 Å². The van der Waals surface area contributed by atoms with Gasteiger partial charge in [0, 0.05) is 24.0 Å². The van der Waals surface area contributed by atoms with Gasteiger partial charge in [-0.1, -0.05) is 18.2 Å². The molecule has 23 heavy (non-hydrogen) atoms. The molecule has 0 bridgehead atoms. The quantitative estimate of drug-likeness (QED) is 0.843. The van der Waals surface area contributed by atoms with Crippen LogP contribution < -0.4 is 5.32 Å². The topological polar surface area (TPSA) is 43.3 Å². The lowest BCUT2D eigenvalue weighted by molar-refractivity contribution is -0.174. The standard InChI is InChI=1S/C15H16BrF3N2O2/c1-9(7-23-8-15(17,18)19)20-14(22)13-12(16)10-5-3-4-6-11(10)21(13)2/h3-6,9H,7-8H2,1-2H3,(H,20,22). The van der Waals surface area contributed by atoms with Gasteiger partial charge in [0.05, 0.1) is 11.1 Å².